The molecule has 0 spiro atoms. The lowest BCUT2D eigenvalue weighted by Crippen LogP contribution is -2.11. The number of anilines is 1. The number of carbonyl (C=O) groups excluding carboxylic acids is 1. The fraction of sp³-hybridized carbons (Fsp3) is 0.238. The molecule has 2 aromatic carbocycles. The van der Waals surface area contributed by atoms with Crippen LogP contribution in [-0.4, -0.2) is 28.7 Å². The number of carboxylic acids is 1. The third kappa shape index (κ3) is 6.91. The molecule has 0 heterocycles. The number of carboxylic acid groups (broad SMARTS) is 1. The molecule has 0 atom stereocenters. The Bertz CT molecular complexity index is 749. The maximum absolute atomic E-state index is 12.0. The van der Waals surface area contributed by atoms with Gasteiger partial charge in [-0.2, -0.15) is 0 Å². The SMILES string of the molecule is O=C(O)/C=C/c1ccc(CCCC(=O)Nc2ccc(CCO)cc2)cc1. The summed E-state index contributed by atoms with van der Waals surface area (Å²) in [4.78, 5) is 22.5. The van der Waals surface area contributed by atoms with E-state index in [2.05, 4.69) is 5.32 Å². The molecule has 0 fully saturated rings. The Hall–Kier alpha value is -2.92. The van der Waals surface area contributed by atoms with Crippen LogP contribution in [0.2, 0.25) is 0 Å². The molecule has 0 saturated carbocycles. The molecule has 0 aromatic heterocycles. The first-order chi connectivity index (χ1) is 12.6. The van der Waals surface area contributed by atoms with Crippen molar-refractivity contribution in [1.82, 2.24) is 0 Å². The minimum Gasteiger partial charge on any atom is -0.478 e. The average molecular weight is 353 g/mol. The van der Waals surface area contributed by atoms with E-state index in [1.807, 2.05) is 48.5 Å². The van der Waals surface area contributed by atoms with Crippen LogP contribution in [-0.2, 0) is 22.4 Å². The summed E-state index contributed by atoms with van der Waals surface area (Å²) in [5.41, 5.74) is 3.73. The number of hydrogen-bond acceptors (Lipinski definition) is 3. The van der Waals surface area contributed by atoms with Crippen molar-refractivity contribution < 1.29 is 19.8 Å². The lowest BCUT2D eigenvalue weighted by atomic mass is 10.1. The van der Waals surface area contributed by atoms with Gasteiger partial charge in [0.1, 0.15) is 0 Å². The van der Waals surface area contributed by atoms with E-state index in [1.165, 1.54) is 0 Å². The van der Waals surface area contributed by atoms with Gasteiger partial charge in [0.15, 0.2) is 0 Å². The van der Waals surface area contributed by atoms with Crippen LogP contribution >= 0.6 is 0 Å². The Morgan fingerprint density at radius 1 is 0.923 bits per heavy atom. The number of aliphatic hydroxyl groups is 1. The molecular formula is C21H23NO4. The number of aliphatic carboxylic acids is 1. The van der Waals surface area contributed by atoms with Crippen LogP contribution < -0.4 is 5.32 Å². The van der Waals surface area contributed by atoms with Crippen LogP contribution in [0.1, 0.15) is 29.5 Å². The van der Waals surface area contributed by atoms with Crippen LogP contribution in [0, 0.1) is 0 Å². The van der Waals surface area contributed by atoms with Gasteiger partial charge < -0.3 is 15.5 Å². The topological polar surface area (TPSA) is 86.6 Å². The van der Waals surface area contributed by atoms with Gasteiger partial charge in [0.25, 0.3) is 0 Å². The van der Waals surface area contributed by atoms with Crippen molar-refractivity contribution in [2.45, 2.75) is 25.7 Å². The largest absolute Gasteiger partial charge is 0.478 e. The molecule has 26 heavy (non-hydrogen) atoms. The van der Waals surface area contributed by atoms with Crippen LogP contribution in [0.25, 0.3) is 6.08 Å². The molecule has 2 aromatic rings. The predicted molar refractivity (Wildman–Crippen MR) is 102 cm³/mol. The molecular weight excluding hydrogens is 330 g/mol. The minimum atomic E-state index is -0.969. The minimum absolute atomic E-state index is 0.0269. The normalized spacial score (nSPS) is 10.8. The maximum Gasteiger partial charge on any atom is 0.328 e. The molecule has 0 aliphatic carbocycles. The molecule has 1 amide bonds. The number of aryl methyl sites for hydroxylation is 1. The second-order valence-corrected chi connectivity index (χ2v) is 5.99. The van der Waals surface area contributed by atoms with Gasteiger partial charge in [-0.25, -0.2) is 4.79 Å². The van der Waals surface area contributed by atoms with E-state index in [4.69, 9.17) is 10.2 Å². The molecule has 0 bridgehead atoms. The Balaban J connectivity index is 1.74. The van der Waals surface area contributed by atoms with Crippen molar-refractivity contribution in [3.05, 3.63) is 71.3 Å². The van der Waals surface area contributed by atoms with Gasteiger partial charge in [-0.15, -0.1) is 0 Å². The molecule has 136 valence electrons. The summed E-state index contributed by atoms with van der Waals surface area (Å²) in [7, 11) is 0. The van der Waals surface area contributed by atoms with E-state index in [1.54, 1.807) is 6.08 Å². The number of amides is 1. The quantitative estimate of drug-likeness (QED) is 0.604. The average Bonchev–Trinajstić information content (AvgIpc) is 2.63. The van der Waals surface area contributed by atoms with Crippen LogP contribution in [0.15, 0.2) is 54.6 Å². The van der Waals surface area contributed by atoms with Gasteiger partial charge in [0.05, 0.1) is 0 Å². The lowest BCUT2D eigenvalue weighted by molar-refractivity contribution is -0.131. The monoisotopic (exact) mass is 353 g/mol. The summed E-state index contributed by atoms with van der Waals surface area (Å²) in [5, 5.41) is 20.4. The van der Waals surface area contributed by atoms with Crippen molar-refractivity contribution in [2.24, 2.45) is 0 Å². The summed E-state index contributed by atoms with van der Waals surface area (Å²) in [6, 6.07) is 15.1. The molecule has 3 N–H and O–H groups in total. The van der Waals surface area contributed by atoms with E-state index >= 15 is 0 Å². The highest BCUT2D eigenvalue weighted by molar-refractivity contribution is 5.90. The van der Waals surface area contributed by atoms with E-state index in [0.717, 1.165) is 41.3 Å². The fourth-order valence-electron chi connectivity index (χ4n) is 2.52. The third-order valence-electron chi connectivity index (χ3n) is 3.91. The predicted octanol–water partition coefficient (Wildman–Crippen LogP) is 3.28. The summed E-state index contributed by atoms with van der Waals surface area (Å²) >= 11 is 0. The first-order valence-corrected chi connectivity index (χ1v) is 8.56. The highest BCUT2D eigenvalue weighted by atomic mass is 16.4. The first-order valence-electron chi connectivity index (χ1n) is 8.56. The first kappa shape index (κ1) is 19.4. The maximum atomic E-state index is 12.0. The zero-order valence-electron chi connectivity index (χ0n) is 14.5. The zero-order chi connectivity index (χ0) is 18.8. The van der Waals surface area contributed by atoms with Crippen molar-refractivity contribution in [3.8, 4) is 0 Å². The van der Waals surface area contributed by atoms with Crippen LogP contribution in [0.3, 0.4) is 0 Å². The lowest BCUT2D eigenvalue weighted by Gasteiger charge is -2.07. The van der Waals surface area contributed by atoms with Crippen LogP contribution in [0.5, 0.6) is 0 Å². The Morgan fingerprint density at radius 3 is 2.15 bits per heavy atom. The molecule has 0 saturated heterocycles. The summed E-state index contributed by atoms with van der Waals surface area (Å²) < 4.78 is 0. The zero-order valence-corrected chi connectivity index (χ0v) is 14.5. The summed E-state index contributed by atoms with van der Waals surface area (Å²) in [5.74, 6) is -0.996. The highest BCUT2D eigenvalue weighted by Crippen LogP contribution is 2.12. The molecule has 2 rings (SSSR count). The van der Waals surface area contributed by atoms with E-state index < -0.39 is 5.97 Å². The highest BCUT2D eigenvalue weighted by Gasteiger charge is 2.03. The molecule has 0 radical (unpaired) electrons. The smallest absolute Gasteiger partial charge is 0.328 e. The number of benzene rings is 2. The molecule has 0 aliphatic rings. The Kier molecular flexibility index (Phi) is 7.58. The van der Waals surface area contributed by atoms with Gasteiger partial charge in [-0.1, -0.05) is 36.4 Å². The van der Waals surface area contributed by atoms with Gasteiger partial charge in [-0.3, -0.25) is 4.79 Å². The van der Waals surface area contributed by atoms with Gasteiger partial charge in [0.2, 0.25) is 5.91 Å². The number of rotatable bonds is 9. The van der Waals surface area contributed by atoms with Crippen molar-refractivity contribution in [1.29, 1.82) is 0 Å². The third-order valence-corrected chi connectivity index (χ3v) is 3.91. The van der Waals surface area contributed by atoms with E-state index in [9.17, 15) is 9.59 Å². The second kappa shape index (κ2) is 10.2. The van der Waals surface area contributed by atoms with Gasteiger partial charge in [-0.05, 0) is 54.2 Å². The standard InChI is InChI=1S/C21H23NO4/c23-15-14-18-8-11-19(12-9-18)22-20(24)3-1-2-16-4-6-17(7-5-16)10-13-21(25)26/h4-13,23H,1-3,14-15H2,(H,22,24)(H,25,26)/b13-10+. The second-order valence-electron chi connectivity index (χ2n) is 5.99. The molecule has 0 unspecified atom stereocenters. The fourth-order valence-corrected chi connectivity index (χ4v) is 2.52. The molecule has 5 nitrogen and oxygen atoms in total. The molecule has 0 aliphatic heterocycles. The molecule has 5 heteroatoms. The van der Waals surface area contributed by atoms with Crippen LogP contribution in [0.4, 0.5) is 5.69 Å². The van der Waals surface area contributed by atoms with Gasteiger partial charge in [0, 0.05) is 24.8 Å². The Morgan fingerprint density at radius 2 is 1.54 bits per heavy atom. The van der Waals surface area contributed by atoms with E-state index in [0.29, 0.717) is 12.8 Å². The number of nitrogens with one attached hydrogen (secondary N) is 1. The van der Waals surface area contributed by atoms with Crippen molar-refractivity contribution >= 4 is 23.6 Å². The number of hydrogen-bond donors (Lipinski definition) is 3. The van der Waals surface area contributed by atoms with Crippen molar-refractivity contribution in [2.75, 3.05) is 11.9 Å². The van der Waals surface area contributed by atoms with Gasteiger partial charge >= 0.3 is 5.97 Å². The number of aliphatic hydroxyl groups excluding tert-OH is 1. The summed E-state index contributed by atoms with van der Waals surface area (Å²) in [6.45, 7) is 0.114. The summed E-state index contributed by atoms with van der Waals surface area (Å²) in [6.07, 6.45) is 5.21. The van der Waals surface area contributed by atoms with Crippen molar-refractivity contribution in [3.63, 3.8) is 0 Å². The number of carbonyl (C=O) groups is 2. The van der Waals surface area contributed by atoms with E-state index in [-0.39, 0.29) is 12.5 Å². The Labute approximate surface area is 153 Å².